The Labute approximate surface area is 94.6 Å². The zero-order chi connectivity index (χ0) is 11.0. The monoisotopic (exact) mass is 214 g/mol. The van der Waals surface area contributed by atoms with E-state index < -0.39 is 0 Å². The van der Waals surface area contributed by atoms with E-state index in [0.717, 1.165) is 29.9 Å². The fraction of sp³-hybridized carbons (Fsp3) is 0.385. The van der Waals surface area contributed by atoms with Gasteiger partial charge in [-0.05, 0) is 25.0 Å². The number of anilines is 1. The number of nitrogens with zero attached hydrogens (tertiary/aromatic N) is 1. The molecular formula is C13H14N2O. The summed E-state index contributed by atoms with van der Waals surface area (Å²) in [5, 5.41) is 3.32. The van der Waals surface area contributed by atoms with Gasteiger partial charge in [0.2, 0.25) is 0 Å². The highest BCUT2D eigenvalue weighted by atomic mass is 16.1. The lowest BCUT2D eigenvalue weighted by Crippen LogP contribution is -2.33. The molecule has 1 aromatic rings. The van der Waals surface area contributed by atoms with Crippen LogP contribution in [-0.4, -0.2) is 18.0 Å². The van der Waals surface area contributed by atoms with Crippen LogP contribution in [0.3, 0.4) is 0 Å². The molecule has 16 heavy (non-hydrogen) atoms. The van der Waals surface area contributed by atoms with E-state index in [1.165, 1.54) is 0 Å². The molecule has 1 fully saturated rings. The average molecular weight is 214 g/mol. The predicted octanol–water partition coefficient (Wildman–Crippen LogP) is 2.55. The first-order chi connectivity index (χ1) is 7.84. The van der Waals surface area contributed by atoms with Crippen molar-refractivity contribution in [2.75, 3.05) is 11.9 Å². The minimum Gasteiger partial charge on any atom is -0.382 e. The quantitative estimate of drug-likeness (QED) is 0.721. The van der Waals surface area contributed by atoms with Gasteiger partial charge in [-0.15, -0.1) is 0 Å². The van der Waals surface area contributed by atoms with Gasteiger partial charge in [0.25, 0.3) is 0 Å². The second-order valence-corrected chi connectivity index (χ2v) is 4.37. The minimum absolute atomic E-state index is 0.00106. The van der Waals surface area contributed by atoms with Crippen molar-refractivity contribution >= 4 is 22.9 Å². The van der Waals surface area contributed by atoms with Gasteiger partial charge in [0, 0.05) is 18.7 Å². The summed E-state index contributed by atoms with van der Waals surface area (Å²) >= 11 is 0. The van der Waals surface area contributed by atoms with Crippen molar-refractivity contribution in [3.8, 4) is 0 Å². The molecule has 1 N–H and O–H groups in total. The fourth-order valence-electron chi connectivity index (χ4n) is 2.43. The van der Waals surface area contributed by atoms with Crippen LogP contribution in [0.1, 0.15) is 19.3 Å². The van der Waals surface area contributed by atoms with Crippen LogP contribution in [0.25, 0.3) is 0 Å². The molecule has 0 bridgehead atoms. The molecule has 0 aromatic heterocycles. The molecule has 0 radical (unpaired) electrons. The summed E-state index contributed by atoms with van der Waals surface area (Å²) in [5.74, 6) is 0.339. The second-order valence-electron chi connectivity index (χ2n) is 4.37. The van der Waals surface area contributed by atoms with Gasteiger partial charge in [-0.3, -0.25) is 9.79 Å². The van der Waals surface area contributed by atoms with Crippen LogP contribution in [0.2, 0.25) is 0 Å². The molecule has 1 aliphatic heterocycles. The molecule has 1 aliphatic carbocycles. The standard InChI is InChI=1S/C13H14N2O/c16-13-7-3-6-10-9(13)8-14-11-4-1-2-5-12(11)15-10/h1-2,4-5,9,14H,3,6-8H2. The molecule has 1 heterocycles. The van der Waals surface area contributed by atoms with Crippen LogP contribution in [0.5, 0.6) is 0 Å². The van der Waals surface area contributed by atoms with Crippen molar-refractivity contribution in [3.05, 3.63) is 24.3 Å². The number of fused-ring (bicyclic) bond motifs is 2. The molecule has 1 aromatic carbocycles. The number of hydrogen-bond donors (Lipinski definition) is 1. The Morgan fingerprint density at radius 1 is 1.25 bits per heavy atom. The lowest BCUT2D eigenvalue weighted by Gasteiger charge is -2.21. The third-order valence-corrected chi connectivity index (χ3v) is 3.31. The number of carbonyl (C=O) groups is 1. The first kappa shape index (κ1) is 9.58. The molecule has 0 saturated heterocycles. The van der Waals surface area contributed by atoms with Crippen molar-refractivity contribution < 1.29 is 4.79 Å². The van der Waals surface area contributed by atoms with Crippen molar-refractivity contribution in [3.63, 3.8) is 0 Å². The Kier molecular flexibility index (Phi) is 2.24. The fourth-order valence-corrected chi connectivity index (χ4v) is 2.43. The second kappa shape index (κ2) is 3.74. The highest BCUT2D eigenvalue weighted by molar-refractivity contribution is 6.09. The van der Waals surface area contributed by atoms with E-state index >= 15 is 0 Å². The highest BCUT2D eigenvalue weighted by Crippen LogP contribution is 2.31. The molecule has 3 rings (SSSR count). The van der Waals surface area contributed by atoms with E-state index in [0.29, 0.717) is 18.7 Å². The molecule has 0 amide bonds. The van der Waals surface area contributed by atoms with Gasteiger partial charge in [-0.25, -0.2) is 0 Å². The van der Waals surface area contributed by atoms with Gasteiger partial charge in [0.15, 0.2) is 0 Å². The van der Waals surface area contributed by atoms with Gasteiger partial charge in [-0.2, -0.15) is 0 Å². The first-order valence-corrected chi connectivity index (χ1v) is 5.77. The molecule has 2 aliphatic rings. The topological polar surface area (TPSA) is 41.5 Å². The number of aliphatic imine (C=N–C) groups is 1. The number of hydrogen-bond acceptors (Lipinski definition) is 3. The lowest BCUT2D eigenvalue weighted by atomic mass is 9.86. The predicted molar refractivity (Wildman–Crippen MR) is 64.4 cm³/mol. The lowest BCUT2D eigenvalue weighted by molar-refractivity contribution is -0.121. The molecule has 3 heteroatoms. The van der Waals surface area contributed by atoms with Crippen molar-refractivity contribution in [2.24, 2.45) is 10.9 Å². The summed E-state index contributed by atoms with van der Waals surface area (Å²) in [7, 11) is 0. The number of ketones is 1. The number of carbonyl (C=O) groups excluding carboxylic acids is 1. The van der Waals surface area contributed by atoms with E-state index in [2.05, 4.69) is 10.3 Å². The molecule has 1 saturated carbocycles. The maximum absolute atomic E-state index is 11.8. The Morgan fingerprint density at radius 3 is 3.06 bits per heavy atom. The largest absolute Gasteiger partial charge is 0.382 e. The molecule has 0 spiro atoms. The van der Waals surface area contributed by atoms with Crippen LogP contribution in [0.4, 0.5) is 11.4 Å². The smallest absolute Gasteiger partial charge is 0.143 e. The van der Waals surface area contributed by atoms with Crippen molar-refractivity contribution in [1.29, 1.82) is 0 Å². The first-order valence-electron chi connectivity index (χ1n) is 5.77. The number of para-hydroxylation sites is 2. The van der Waals surface area contributed by atoms with Crippen molar-refractivity contribution in [1.82, 2.24) is 0 Å². The Morgan fingerprint density at radius 2 is 2.12 bits per heavy atom. The van der Waals surface area contributed by atoms with Gasteiger partial charge in [0.05, 0.1) is 17.3 Å². The number of Topliss-reactive ketones (excluding diaryl/α,β-unsaturated/α-hetero) is 1. The van der Waals surface area contributed by atoms with Crippen LogP contribution in [0.15, 0.2) is 29.3 Å². The maximum Gasteiger partial charge on any atom is 0.143 e. The number of nitrogens with one attached hydrogen (secondary N) is 1. The molecular weight excluding hydrogens is 200 g/mol. The van der Waals surface area contributed by atoms with E-state index in [-0.39, 0.29) is 5.92 Å². The average Bonchev–Trinajstić information content (AvgIpc) is 2.48. The molecule has 1 unspecified atom stereocenters. The summed E-state index contributed by atoms with van der Waals surface area (Å²) in [6, 6.07) is 7.98. The normalized spacial score (nSPS) is 23.6. The van der Waals surface area contributed by atoms with Crippen LogP contribution >= 0.6 is 0 Å². The Hall–Kier alpha value is -1.64. The van der Waals surface area contributed by atoms with E-state index in [4.69, 9.17) is 0 Å². The summed E-state index contributed by atoms with van der Waals surface area (Å²) in [5.41, 5.74) is 3.07. The van der Waals surface area contributed by atoms with Gasteiger partial charge in [0.1, 0.15) is 5.78 Å². The zero-order valence-electron chi connectivity index (χ0n) is 9.07. The molecule has 3 nitrogen and oxygen atoms in total. The Balaban J connectivity index is 2.03. The van der Waals surface area contributed by atoms with Gasteiger partial charge in [-0.1, -0.05) is 12.1 Å². The van der Waals surface area contributed by atoms with E-state index in [1.807, 2.05) is 24.3 Å². The van der Waals surface area contributed by atoms with Crippen LogP contribution < -0.4 is 5.32 Å². The minimum atomic E-state index is 0.00106. The highest BCUT2D eigenvalue weighted by Gasteiger charge is 2.29. The number of rotatable bonds is 0. The van der Waals surface area contributed by atoms with Gasteiger partial charge >= 0.3 is 0 Å². The maximum atomic E-state index is 11.8. The summed E-state index contributed by atoms with van der Waals surface area (Å²) in [4.78, 5) is 16.5. The summed E-state index contributed by atoms with van der Waals surface area (Å²) < 4.78 is 0. The Bertz CT molecular complexity index is 465. The van der Waals surface area contributed by atoms with E-state index in [9.17, 15) is 4.79 Å². The van der Waals surface area contributed by atoms with Crippen LogP contribution in [-0.2, 0) is 4.79 Å². The number of benzene rings is 1. The molecule has 82 valence electrons. The summed E-state index contributed by atoms with van der Waals surface area (Å²) in [6.45, 7) is 0.703. The van der Waals surface area contributed by atoms with Crippen molar-refractivity contribution in [2.45, 2.75) is 19.3 Å². The van der Waals surface area contributed by atoms with Gasteiger partial charge < -0.3 is 5.32 Å². The van der Waals surface area contributed by atoms with Crippen LogP contribution in [0, 0.1) is 5.92 Å². The summed E-state index contributed by atoms with van der Waals surface area (Å²) in [6.07, 6.45) is 2.63. The third kappa shape index (κ3) is 1.52. The van der Waals surface area contributed by atoms with E-state index in [1.54, 1.807) is 0 Å². The SMILES string of the molecule is O=C1CCCC2=Nc3ccccc3NCC12. The molecule has 1 atom stereocenters. The third-order valence-electron chi connectivity index (χ3n) is 3.31. The zero-order valence-corrected chi connectivity index (χ0v) is 9.07.